The molecule has 0 radical (unpaired) electrons. The molecule has 0 unspecified atom stereocenters. The zero-order chi connectivity index (χ0) is 22.2. The van der Waals surface area contributed by atoms with Crippen molar-refractivity contribution < 1.29 is 18.7 Å². The molecule has 2 aromatic carbocycles. The van der Waals surface area contributed by atoms with E-state index in [0.717, 1.165) is 58.2 Å². The summed E-state index contributed by atoms with van der Waals surface area (Å²) in [6.07, 6.45) is 6.63. The molecule has 5 heteroatoms. The summed E-state index contributed by atoms with van der Waals surface area (Å²) in [5.41, 5.74) is 4.49. The molecule has 1 aromatic heterocycles. The lowest BCUT2D eigenvalue weighted by atomic mass is 9.99. The van der Waals surface area contributed by atoms with Crippen molar-refractivity contribution in [3.05, 3.63) is 54.3 Å². The highest BCUT2D eigenvalue weighted by Gasteiger charge is 2.15. The number of furan rings is 1. The van der Waals surface area contributed by atoms with Crippen molar-refractivity contribution in [2.45, 2.75) is 40.0 Å². The minimum atomic E-state index is -0.0845. The molecule has 164 valence electrons. The fourth-order valence-corrected chi connectivity index (χ4v) is 3.54. The molecular formula is C26H31NO4. The van der Waals surface area contributed by atoms with E-state index in [0.29, 0.717) is 18.9 Å². The number of carbonyl (C=O) groups excluding carboxylic acids is 1. The van der Waals surface area contributed by atoms with Crippen LogP contribution in [0.2, 0.25) is 0 Å². The molecule has 31 heavy (non-hydrogen) atoms. The summed E-state index contributed by atoms with van der Waals surface area (Å²) in [4.78, 5) is 12.4. The van der Waals surface area contributed by atoms with Gasteiger partial charge in [-0.15, -0.1) is 0 Å². The molecule has 3 aromatic rings. The number of rotatable bonds is 10. The molecule has 1 heterocycles. The van der Waals surface area contributed by atoms with Crippen LogP contribution in [0, 0.1) is 0 Å². The van der Waals surface area contributed by atoms with Gasteiger partial charge in [0, 0.05) is 35.2 Å². The predicted octanol–water partition coefficient (Wildman–Crippen LogP) is 6.22. The Labute approximate surface area is 184 Å². The monoisotopic (exact) mass is 421 g/mol. The topological polar surface area (TPSA) is 60.7 Å². The first kappa shape index (κ1) is 22.5. The third kappa shape index (κ3) is 5.48. The second-order valence-corrected chi connectivity index (χ2v) is 7.48. The van der Waals surface area contributed by atoms with Crippen molar-refractivity contribution in [3.8, 4) is 22.6 Å². The Morgan fingerprint density at radius 2 is 1.90 bits per heavy atom. The quantitative estimate of drug-likeness (QED) is 0.312. The minimum absolute atomic E-state index is 0.0845. The van der Waals surface area contributed by atoms with Gasteiger partial charge in [0.15, 0.2) is 0 Å². The number of amides is 1. The molecule has 0 bridgehead atoms. The number of allylic oxidation sites excluding steroid dienone is 1. The molecule has 0 atom stereocenters. The largest absolute Gasteiger partial charge is 0.497 e. The van der Waals surface area contributed by atoms with Gasteiger partial charge in [-0.25, -0.2) is 0 Å². The number of unbranched alkanes of at least 4 members (excludes halogenated alkanes) is 2. The number of methoxy groups -OCH3 is 1. The molecule has 0 aliphatic heterocycles. The van der Waals surface area contributed by atoms with Crippen LogP contribution < -0.4 is 14.8 Å². The highest BCUT2D eigenvalue weighted by atomic mass is 16.5. The highest BCUT2D eigenvalue weighted by Crippen LogP contribution is 2.37. The van der Waals surface area contributed by atoms with E-state index in [9.17, 15) is 4.79 Å². The summed E-state index contributed by atoms with van der Waals surface area (Å²) < 4.78 is 16.9. The number of carbonyl (C=O) groups is 1. The maximum Gasteiger partial charge on any atom is 0.244 e. The molecule has 0 aliphatic rings. The maximum atomic E-state index is 12.4. The number of benzene rings is 2. The lowest BCUT2D eigenvalue weighted by molar-refractivity contribution is -0.116. The first-order chi connectivity index (χ1) is 15.1. The van der Waals surface area contributed by atoms with Gasteiger partial charge in [0.05, 0.1) is 20.0 Å². The fourth-order valence-electron chi connectivity index (χ4n) is 3.54. The first-order valence-electron chi connectivity index (χ1n) is 10.9. The third-order valence-corrected chi connectivity index (χ3v) is 5.23. The Morgan fingerprint density at radius 1 is 1.13 bits per heavy atom. The SMILES string of the molecule is CCCCCNC(=O)/C=C(\C)c1cc2c(-c3ccc(OC)cc3)coc2cc1OCC. The van der Waals surface area contributed by atoms with Gasteiger partial charge >= 0.3 is 0 Å². The number of hydrogen-bond donors (Lipinski definition) is 1. The van der Waals surface area contributed by atoms with Crippen LogP contribution in [0.5, 0.6) is 11.5 Å². The average Bonchev–Trinajstić information content (AvgIpc) is 3.19. The van der Waals surface area contributed by atoms with Crippen molar-refractivity contribution in [2.24, 2.45) is 0 Å². The van der Waals surface area contributed by atoms with E-state index >= 15 is 0 Å². The van der Waals surface area contributed by atoms with Gasteiger partial charge in [-0.1, -0.05) is 31.9 Å². The Bertz CT molecular complexity index is 1050. The highest BCUT2D eigenvalue weighted by molar-refractivity contribution is 6.00. The molecule has 1 N–H and O–H groups in total. The summed E-state index contributed by atoms with van der Waals surface area (Å²) in [7, 11) is 1.65. The van der Waals surface area contributed by atoms with Crippen LogP contribution in [0.1, 0.15) is 45.6 Å². The fraction of sp³-hybridized carbons (Fsp3) is 0.346. The minimum Gasteiger partial charge on any atom is -0.497 e. The summed E-state index contributed by atoms with van der Waals surface area (Å²) in [6, 6.07) is 11.8. The standard InChI is InChI=1S/C26H31NO4/c1-5-7-8-13-27-26(28)14-18(3)21-15-22-23(19-9-11-20(29-4)12-10-19)17-31-25(22)16-24(21)30-6-2/h9-12,14-17H,5-8,13H2,1-4H3,(H,27,28)/b18-14+. The smallest absolute Gasteiger partial charge is 0.244 e. The summed E-state index contributed by atoms with van der Waals surface area (Å²) in [5.74, 6) is 1.43. The van der Waals surface area contributed by atoms with Crippen LogP contribution >= 0.6 is 0 Å². The van der Waals surface area contributed by atoms with Gasteiger partial charge in [-0.3, -0.25) is 4.79 Å². The summed E-state index contributed by atoms with van der Waals surface area (Å²) in [6.45, 7) is 7.24. The van der Waals surface area contributed by atoms with E-state index in [1.54, 1.807) is 19.4 Å². The van der Waals surface area contributed by atoms with Crippen molar-refractivity contribution >= 4 is 22.4 Å². The van der Waals surface area contributed by atoms with E-state index in [2.05, 4.69) is 12.2 Å². The molecule has 0 saturated heterocycles. The lowest BCUT2D eigenvalue weighted by Gasteiger charge is -2.12. The summed E-state index contributed by atoms with van der Waals surface area (Å²) >= 11 is 0. The van der Waals surface area contributed by atoms with Gasteiger partial charge in [-0.2, -0.15) is 0 Å². The van der Waals surface area contributed by atoms with Crippen LogP contribution in [0.4, 0.5) is 0 Å². The Hall–Kier alpha value is -3.21. The Morgan fingerprint density at radius 3 is 2.58 bits per heavy atom. The summed E-state index contributed by atoms with van der Waals surface area (Å²) in [5, 5.41) is 3.94. The predicted molar refractivity (Wildman–Crippen MR) is 126 cm³/mol. The van der Waals surface area contributed by atoms with Crippen LogP contribution in [0.25, 0.3) is 27.7 Å². The normalized spacial score (nSPS) is 11.5. The van der Waals surface area contributed by atoms with Crippen molar-refractivity contribution in [1.29, 1.82) is 0 Å². The molecule has 0 spiro atoms. The lowest BCUT2D eigenvalue weighted by Crippen LogP contribution is -2.22. The van der Waals surface area contributed by atoms with Crippen LogP contribution in [0.15, 0.2) is 53.2 Å². The second kappa shape index (κ2) is 10.7. The first-order valence-corrected chi connectivity index (χ1v) is 10.9. The van der Waals surface area contributed by atoms with Gasteiger partial charge in [0.2, 0.25) is 5.91 Å². The Kier molecular flexibility index (Phi) is 7.76. The molecule has 0 fully saturated rings. The van der Waals surface area contributed by atoms with Crippen LogP contribution in [-0.2, 0) is 4.79 Å². The zero-order valence-corrected chi connectivity index (χ0v) is 18.8. The van der Waals surface area contributed by atoms with E-state index in [4.69, 9.17) is 13.9 Å². The third-order valence-electron chi connectivity index (χ3n) is 5.23. The second-order valence-electron chi connectivity index (χ2n) is 7.48. The van der Waals surface area contributed by atoms with Gasteiger partial charge in [-0.05, 0) is 49.6 Å². The van der Waals surface area contributed by atoms with E-state index in [1.807, 2.05) is 50.2 Å². The zero-order valence-electron chi connectivity index (χ0n) is 18.8. The van der Waals surface area contributed by atoms with Crippen molar-refractivity contribution in [1.82, 2.24) is 5.32 Å². The number of fused-ring (bicyclic) bond motifs is 1. The van der Waals surface area contributed by atoms with Crippen molar-refractivity contribution in [2.75, 3.05) is 20.3 Å². The molecule has 5 nitrogen and oxygen atoms in total. The van der Waals surface area contributed by atoms with Gasteiger partial charge in [0.1, 0.15) is 17.1 Å². The van der Waals surface area contributed by atoms with E-state index in [1.165, 1.54) is 0 Å². The van der Waals surface area contributed by atoms with Crippen LogP contribution in [0.3, 0.4) is 0 Å². The molecule has 3 rings (SSSR count). The number of nitrogens with one attached hydrogen (secondary N) is 1. The Balaban J connectivity index is 1.95. The van der Waals surface area contributed by atoms with E-state index in [-0.39, 0.29) is 5.91 Å². The van der Waals surface area contributed by atoms with Gasteiger partial charge < -0.3 is 19.2 Å². The number of ether oxygens (including phenoxy) is 2. The van der Waals surface area contributed by atoms with Crippen LogP contribution in [-0.4, -0.2) is 26.2 Å². The van der Waals surface area contributed by atoms with Gasteiger partial charge in [0.25, 0.3) is 0 Å². The number of hydrogen-bond acceptors (Lipinski definition) is 4. The average molecular weight is 422 g/mol. The maximum absolute atomic E-state index is 12.4. The molecular weight excluding hydrogens is 390 g/mol. The van der Waals surface area contributed by atoms with Crippen molar-refractivity contribution in [3.63, 3.8) is 0 Å². The molecule has 0 aliphatic carbocycles. The van der Waals surface area contributed by atoms with E-state index < -0.39 is 0 Å². The molecule has 0 saturated carbocycles. The molecule has 1 amide bonds.